The van der Waals surface area contributed by atoms with Crippen LogP contribution in [0.25, 0.3) is 0 Å². The molecule has 0 fully saturated rings. The van der Waals surface area contributed by atoms with Gasteiger partial charge >= 0.3 is 5.97 Å². The number of rotatable bonds is 31. The van der Waals surface area contributed by atoms with E-state index in [4.69, 9.17) is 9.47 Å². The Kier molecular flexibility index (Phi) is 27.7. The van der Waals surface area contributed by atoms with Gasteiger partial charge in [-0.3, -0.25) is 14.4 Å². The SMILES string of the molecule is C=C(CCC(=O)CC)OC(CCC(=O)CCCCCCCCCCC)COC(=O)CCCCCCCCCCC. The van der Waals surface area contributed by atoms with E-state index in [1.165, 1.54) is 89.9 Å². The smallest absolute Gasteiger partial charge is 0.305 e. The number of Topliss-reactive ketones (excluding diaryl/α,β-unsaturated/α-hetero) is 2. The molecule has 0 aromatic carbocycles. The number of hydrogen-bond acceptors (Lipinski definition) is 5. The molecule has 5 nitrogen and oxygen atoms in total. The van der Waals surface area contributed by atoms with E-state index in [1.807, 2.05) is 6.92 Å². The van der Waals surface area contributed by atoms with Crippen molar-refractivity contribution in [3.8, 4) is 0 Å². The number of unbranched alkanes of at least 4 members (excludes halogenated alkanes) is 16. The van der Waals surface area contributed by atoms with Gasteiger partial charge in [0.1, 0.15) is 24.3 Å². The molecule has 0 aliphatic heterocycles. The molecule has 0 rings (SSSR count). The van der Waals surface area contributed by atoms with Crippen molar-refractivity contribution >= 4 is 17.5 Å². The molecule has 1 unspecified atom stereocenters. The first-order valence-electron chi connectivity index (χ1n) is 17.0. The maximum Gasteiger partial charge on any atom is 0.305 e. The maximum atomic E-state index is 12.5. The van der Waals surface area contributed by atoms with Crippen molar-refractivity contribution in [3.63, 3.8) is 0 Å². The second-order valence-electron chi connectivity index (χ2n) is 11.6. The Labute approximate surface area is 247 Å². The third-order valence-electron chi connectivity index (χ3n) is 7.63. The predicted octanol–water partition coefficient (Wildman–Crippen LogP) is 10.4. The Morgan fingerprint density at radius 3 is 1.52 bits per heavy atom. The number of hydrogen-bond donors (Lipinski definition) is 0. The first kappa shape index (κ1) is 38.4. The molecule has 0 saturated carbocycles. The van der Waals surface area contributed by atoms with Crippen LogP contribution in [0.4, 0.5) is 0 Å². The Morgan fingerprint density at radius 1 is 0.550 bits per heavy atom. The van der Waals surface area contributed by atoms with Gasteiger partial charge in [0.05, 0.1) is 5.76 Å². The fourth-order valence-corrected chi connectivity index (χ4v) is 4.84. The number of carbonyl (C=O) groups is 3. The fraction of sp³-hybridized carbons (Fsp3) is 0.857. The van der Waals surface area contributed by atoms with Gasteiger partial charge in [-0.25, -0.2) is 0 Å². The molecule has 40 heavy (non-hydrogen) atoms. The Morgan fingerprint density at radius 2 is 1.02 bits per heavy atom. The largest absolute Gasteiger partial charge is 0.492 e. The van der Waals surface area contributed by atoms with E-state index in [-0.39, 0.29) is 24.1 Å². The molecule has 0 saturated heterocycles. The van der Waals surface area contributed by atoms with Gasteiger partial charge in [-0.1, -0.05) is 130 Å². The molecule has 0 heterocycles. The number of allylic oxidation sites excluding steroid dienone is 1. The number of esters is 1. The number of ether oxygens (including phenoxy) is 2. The Balaban J connectivity index is 4.29. The molecule has 5 heteroatoms. The summed E-state index contributed by atoms with van der Waals surface area (Å²) in [5.41, 5.74) is 0. The van der Waals surface area contributed by atoms with Crippen LogP contribution >= 0.6 is 0 Å². The van der Waals surface area contributed by atoms with Crippen LogP contribution in [-0.2, 0) is 23.9 Å². The van der Waals surface area contributed by atoms with Gasteiger partial charge in [-0.2, -0.15) is 0 Å². The lowest BCUT2D eigenvalue weighted by molar-refractivity contribution is -0.147. The van der Waals surface area contributed by atoms with E-state index >= 15 is 0 Å². The predicted molar refractivity (Wildman–Crippen MR) is 167 cm³/mol. The van der Waals surface area contributed by atoms with Crippen LogP contribution in [0.3, 0.4) is 0 Å². The lowest BCUT2D eigenvalue weighted by atomic mass is 10.0. The van der Waals surface area contributed by atoms with E-state index in [0.29, 0.717) is 50.7 Å². The highest BCUT2D eigenvalue weighted by molar-refractivity contribution is 5.78. The third kappa shape index (κ3) is 26.6. The third-order valence-corrected chi connectivity index (χ3v) is 7.63. The molecule has 0 spiro atoms. The second kappa shape index (κ2) is 28.9. The van der Waals surface area contributed by atoms with E-state index in [0.717, 1.165) is 25.7 Å². The van der Waals surface area contributed by atoms with Crippen LogP contribution in [0.5, 0.6) is 0 Å². The zero-order chi connectivity index (χ0) is 29.7. The summed E-state index contributed by atoms with van der Waals surface area (Å²) in [5.74, 6) is 0.728. The zero-order valence-electron chi connectivity index (χ0n) is 26.7. The van der Waals surface area contributed by atoms with Crippen molar-refractivity contribution in [1.29, 1.82) is 0 Å². The van der Waals surface area contributed by atoms with E-state index < -0.39 is 6.10 Å². The summed E-state index contributed by atoms with van der Waals surface area (Å²) >= 11 is 0. The minimum Gasteiger partial charge on any atom is -0.492 e. The lowest BCUT2D eigenvalue weighted by Crippen LogP contribution is -2.23. The molecule has 0 amide bonds. The topological polar surface area (TPSA) is 69.7 Å². The van der Waals surface area contributed by atoms with Crippen LogP contribution in [0.15, 0.2) is 12.3 Å². The van der Waals surface area contributed by atoms with Gasteiger partial charge in [0.2, 0.25) is 0 Å². The van der Waals surface area contributed by atoms with Crippen molar-refractivity contribution in [2.45, 2.75) is 187 Å². The Hall–Kier alpha value is -1.65. The highest BCUT2D eigenvalue weighted by atomic mass is 16.6. The average Bonchev–Trinajstić information content (AvgIpc) is 2.95. The molecule has 0 radical (unpaired) electrons. The van der Waals surface area contributed by atoms with Crippen molar-refractivity contribution in [2.24, 2.45) is 0 Å². The molecule has 1 atom stereocenters. The molecular formula is C35H64O5. The van der Waals surface area contributed by atoms with Crippen molar-refractivity contribution in [2.75, 3.05) is 6.61 Å². The monoisotopic (exact) mass is 564 g/mol. The van der Waals surface area contributed by atoms with E-state index in [1.54, 1.807) is 0 Å². The molecular weight excluding hydrogens is 500 g/mol. The summed E-state index contributed by atoms with van der Waals surface area (Å²) < 4.78 is 11.5. The van der Waals surface area contributed by atoms with Crippen LogP contribution in [0.1, 0.15) is 181 Å². The summed E-state index contributed by atoms with van der Waals surface area (Å²) in [6.45, 7) is 10.4. The van der Waals surface area contributed by atoms with Crippen LogP contribution < -0.4 is 0 Å². The highest BCUT2D eigenvalue weighted by Gasteiger charge is 2.17. The number of carbonyl (C=O) groups excluding carboxylic acids is 3. The summed E-state index contributed by atoms with van der Waals surface area (Å²) in [5, 5.41) is 0. The standard InChI is InChI=1S/C35H64O5/c1-5-8-10-12-14-16-18-20-22-24-33(37)28-29-34(40-31(4)26-27-32(36)7-3)30-39-35(38)25-23-21-19-17-15-13-11-9-6-2/h34H,4-30H2,1-3H3. The molecule has 0 aromatic heterocycles. The maximum absolute atomic E-state index is 12.5. The lowest BCUT2D eigenvalue weighted by Gasteiger charge is -2.20. The van der Waals surface area contributed by atoms with Crippen LogP contribution in [0.2, 0.25) is 0 Å². The summed E-state index contributed by atoms with van der Waals surface area (Å²) in [6, 6.07) is 0. The molecule has 0 N–H and O–H groups in total. The molecule has 0 aliphatic rings. The molecule has 234 valence electrons. The summed E-state index contributed by atoms with van der Waals surface area (Å²) in [7, 11) is 0. The number of ketones is 2. The Bertz CT molecular complexity index is 604. The van der Waals surface area contributed by atoms with E-state index in [9.17, 15) is 14.4 Å². The summed E-state index contributed by atoms with van der Waals surface area (Å²) in [4.78, 5) is 36.5. The van der Waals surface area contributed by atoms with Gasteiger partial charge in [0.25, 0.3) is 0 Å². The first-order valence-corrected chi connectivity index (χ1v) is 17.0. The second-order valence-corrected chi connectivity index (χ2v) is 11.6. The van der Waals surface area contributed by atoms with Gasteiger partial charge in [-0.05, 0) is 19.3 Å². The van der Waals surface area contributed by atoms with Crippen molar-refractivity contribution in [1.82, 2.24) is 0 Å². The van der Waals surface area contributed by atoms with Crippen LogP contribution in [0, 0.1) is 0 Å². The highest BCUT2D eigenvalue weighted by Crippen LogP contribution is 2.17. The van der Waals surface area contributed by atoms with Crippen molar-refractivity contribution < 1.29 is 23.9 Å². The summed E-state index contributed by atoms with van der Waals surface area (Å²) in [6.07, 6.45) is 24.9. The first-order chi connectivity index (χ1) is 19.4. The van der Waals surface area contributed by atoms with E-state index in [2.05, 4.69) is 20.4 Å². The van der Waals surface area contributed by atoms with Crippen molar-refractivity contribution in [3.05, 3.63) is 12.3 Å². The fourth-order valence-electron chi connectivity index (χ4n) is 4.84. The zero-order valence-corrected chi connectivity index (χ0v) is 26.7. The van der Waals surface area contributed by atoms with Gasteiger partial charge in [0, 0.05) is 38.5 Å². The van der Waals surface area contributed by atoms with Gasteiger partial charge < -0.3 is 9.47 Å². The molecule has 0 aromatic rings. The van der Waals surface area contributed by atoms with Crippen LogP contribution in [-0.4, -0.2) is 30.2 Å². The minimum absolute atomic E-state index is 0.127. The quantitative estimate of drug-likeness (QED) is 0.0476. The van der Waals surface area contributed by atoms with Gasteiger partial charge in [-0.15, -0.1) is 0 Å². The molecule has 0 bridgehead atoms. The minimum atomic E-state index is -0.400. The average molecular weight is 565 g/mol. The molecule has 0 aliphatic carbocycles. The normalized spacial score (nSPS) is 11.8. The van der Waals surface area contributed by atoms with Gasteiger partial charge in [0.15, 0.2) is 0 Å².